The summed E-state index contributed by atoms with van der Waals surface area (Å²) in [4.78, 5) is 21.0. The van der Waals surface area contributed by atoms with Crippen molar-refractivity contribution in [3.8, 4) is 17.2 Å². The molecule has 2 N–H and O–H groups in total. The summed E-state index contributed by atoms with van der Waals surface area (Å²) < 4.78 is 16.4. The number of nitrogens with zero attached hydrogens (tertiary/aromatic N) is 2. The van der Waals surface area contributed by atoms with E-state index in [1.165, 1.54) is 12.4 Å². The molecule has 0 radical (unpaired) electrons. The number of aromatic nitrogens is 2. The Morgan fingerprint density at radius 3 is 2.55 bits per heavy atom. The Hall–Kier alpha value is -3.81. The average molecular weight is 392 g/mol. The van der Waals surface area contributed by atoms with E-state index < -0.39 is 0 Å². The molecule has 1 aliphatic rings. The highest BCUT2D eigenvalue weighted by atomic mass is 16.6. The van der Waals surface area contributed by atoms with E-state index in [0.717, 1.165) is 11.3 Å². The molecule has 0 bridgehead atoms. The van der Waals surface area contributed by atoms with Gasteiger partial charge in [0.05, 0.1) is 18.4 Å². The summed E-state index contributed by atoms with van der Waals surface area (Å²) in [6.07, 6.45) is 2.93. The second kappa shape index (κ2) is 8.05. The second-order valence-corrected chi connectivity index (χ2v) is 6.44. The molecule has 0 atom stereocenters. The van der Waals surface area contributed by atoms with Crippen molar-refractivity contribution in [3.63, 3.8) is 0 Å². The van der Waals surface area contributed by atoms with Gasteiger partial charge in [-0.15, -0.1) is 0 Å². The van der Waals surface area contributed by atoms with Gasteiger partial charge in [-0.25, -0.2) is 9.97 Å². The van der Waals surface area contributed by atoms with Crippen LogP contribution in [0.5, 0.6) is 17.2 Å². The van der Waals surface area contributed by atoms with Crippen LogP contribution >= 0.6 is 0 Å². The fraction of sp³-hybridized carbons (Fsp3) is 0.190. The van der Waals surface area contributed by atoms with Crippen molar-refractivity contribution in [2.24, 2.45) is 0 Å². The summed E-state index contributed by atoms with van der Waals surface area (Å²) in [5.41, 5.74) is 2.76. The lowest BCUT2D eigenvalue weighted by atomic mass is 10.2. The summed E-state index contributed by atoms with van der Waals surface area (Å²) in [6, 6.07) is 11.0. The fourth-order valence-corrected chi connectivity index (χ4v) is 2.87. The van der Waals surface area contributed by atoms with Gasteiger partial charge in [-0.2, -0.15) is 0 Å². The highest BCUT2D eigenvalue weighted by Gasteiger charge is 2.14. The van der Waals surface area contributed by atoms with Crippen LogP contribution in [0.25, 0.3) is 0 Å². The third kappa shape index (κ3) is 4.21. The molecule has 148 valence electrons. The van der Waals surface area contributed by atoms with Crippen molar-refractivity contribution in [2.45, 2.75) is 6.92 Å². The summed E-state index contributed by atoms with van der Waals surface area (Å²) in [6.45, 7) is 2.99. The number of ether oxygens (including phenoxy) is 3. The van der Waals surface area contributed by atoms with Gasteiger partial charge in [-0.1, -0.05) is 6.07 Å². The quantitative estimate of drug-likeness (QED) is 0.685. The van der Waals surface area contributed by atoms with E-state index in [1.54, 1.807) is 25.3 Å². The number of rotatable bonds is 5. The van der Waals surface area contributed by atoms with Crippen molar-refractivity contribution in [3.05, 3.63) is 59.9 Å². The van der Waals surface area contributed by atoms with Crippen molar-refractivity contribution in [1.82, 2.24) is 9.97 Å². The van der Waals surface area contributed by atoms with E-state index in [0.29, 0.717) is 47.7 Å². The van der Waals surface area contributed by atoms with E-state index in [9.17, 15) is 4.79 Å². The van der Waals surface area contributed by atoms with E-state index in [-0.39, 0.29) is 5.91 Å². The molecule has 3 aromatic rings. The van der Waals surface area contributed by atoms with E-state index >= 15 is 0 Å². The maximum Gasteiger partial charge on any atom is 0.258 e. The van der Waals surface area contributed by atoms with Gasteiger partial charge >= 0.3 is 0 Å². The Labute approximate surface area is 167 Å². The number of hydrogen-bond acceptors (Lipinski definition) is 7. The van der Waals surface area contributed by atoms with Crippen LogP contribution < -0.4 is 24.8 Å². The Balaban J connectivity index is 1.45. The van der Waals surface area contributed by atoms with Crippen LogP contribution in [-0.2, 0) is 0 Å². The van der Waals surface area contributed by atoms with Crippen LogP contribution in [0.1, 0.15) is 15.9 Å². The highest BCUT2D eigenvalue weighted by molar-refractivity contribution is 6.04. The molecule has 0 fully saturated rings. The molecule has 29 heavy (non-hydrogen) atoms. The van der Waals surface area contributed by atoms with Crippen LogP contribution in [0.3, 0.4) is 0 Å². The van der Waals surface area contributed by atoms with Gasteiger partial charge in [-0.3, -0.25) is 4.79 Å². The van der Waals surface area contributed by atoms with E-state index in [4.69, 9.17) is 14.2 Å². The first-order chi connectivity index (χ1) is 14.1. The summed E-state index contributed by atoms with van der Waals surface area (Å²) in [7, 11) is 1.60. The van der Waals surface area contributed by atoms with Crippen molar-refractivity contribution in [1.29, 1.82) is 0 Å². The molecule has 2 heterocycles. The normalized spacial score (nSPS) is 12.2. The van der Waals surface area contributed by atoms with Crippen LogP contribution in [0, 0.1) is 6.92 Å². The molecule has 8 heteroatoms. The summed E-state index contributed by atoms with van der Waals surface area (Å²) in [5, 5.41) is 5.91. The van der Waals surface area contributed by atoms with Crippen LogP contribution in [-0.4, -0.2) is 36.2 Å². The number of benzene rings is 2. The average Bonchev–Trinajstić information content (AvgIpc) is 2.74. The van der Waals surface area contributed by atoms with Crippen molar-refractivity contribution >= 4 is 23.2 Å². The monoisotopic (exact) mass is 392 g/mol. The minimum atomic E-state index is -0.318. The molecule has 1 aromatic heterocycles. The first kappa shape index (κ1) is 18.5. The third-order valence-corrected chi connectivity index (χ3v) is 4.32. The predicted octanol–water partition coefficient (Wildman–Crippen LogP) is 3.56. The first-order valence-electron chi connectivity index (χ1n) is 9.07. The van der Waals surface area contributed by atoms with Crippen LogP contribution in [0.4, 0.5) is 17.3 Å². The number of aryl methyl sites for hydroxylation is 1. The number of anilines is 3. The molecule has 0 saturated heterocycles. The molecule has 0 unspecified atom stereocenters. The summed E-state index contributed by atoms with van der Waals surface area (Å²) in [5.74, 6) is 2.00. The van der Waals surface area contributed by atoms with Gasteiger partial charge in [0.25, 0.3) is 5.91 Å². The molecule has 0 aliphatic carbocycles. The molecule has 0 spiro atoms. The number of methoxy groups -OCH3 is 1. The van der Waals surface area contributed by atoms with Crippen molar-refractivity contribution in [2.75, 3.05) is 31.0 Å². The van der Waals surface area contributed by atoms with E-state index in [1.807, 2.05) is 25.1 Å². The second-order valence-electron chi connectivity index (χ2n) is 6.44. The van der Waals surface area contributed by atoms with Gasteiger partial charge < -0.3 is 24.8 Å². The third-order valence-electron chi connectivity index (χ3n) is 4.32. The molecule has 0 saturated carbocycles. The zero-order chi connectivity index (χ0) is 20.2. The minimum absolute atomic E-state index is 0.318. The number of fused-ring (bicyclic) bond motifs is 1. The lowest BCUT2D eigenvalue weighted by molar-refractivity contribution is 0.102. The number of amides is 1. The molecule has 2 aromatic carbocycles. The maximum atomic E-state index is 12.5. The van der Waals surface area contributed by atoms with Gasteiger partial charge in [0.1, 0.15) is 19.0 Å². The Morgan fingerprint density at radius 2 is 1.79 bits per heavy atom. The van der Waals surface area contributed by atoms with Gasteiger partial charge in [0, 0.05) is 24.1 Å². The first-order valence-corrected chi connectivity index (χ1v) is 9.07. The van der Waals surface area contributed by atoms with Gasteiger partial charge in [0.15, 0.2) is 11.5 Å². The van der Waals surface area contributed by atoms with Gasteiger partial charge in [0.2, 0.25) is 5.95 Å². The molecule has 1 amide bonds. The van der Waals surface area contributed by atoms with E-state index in [2.05, 4.69) is 20.6 Å². The topological polar surface area (TPSA) is 94.6 Å². The van der Waals surface area contributed by atoms with Crippen molar-refractivity contribution < 1.29 is 19.0 Å². The highest BCUT2D eigenvalue weighted by Crippen LogP contribution is 2.32. The summed E-state index contributed by atoms with van der Waals surface area (Å²) >= 11 is 0. The number of carbonyl (C=O) groups excluding carboxylic acids is 1. The number of hydrogen-bond donors (Lipinski definition) is 2. The molecular weight excluding hydrogens is 372 g/mol. The Morgan fingerprint density at radius 1 is 1.03 bits per heavy atom. The fourth-order valence-electron chi connectivity index (χ4n) is 2.87. The van der Waals surface area contributed by atoms with Crippen LogP contribution in [0.15, 0.2) is 48.8 Å². The molecular formula is C21H20N4O4. The minimum Gasteiger partial charge on any atom is -0.495 e. The Kier molecular flexibility index (Phi) is 5.15. The standard InChI is InChI=1S/C21H20N4O4/c1-13-3-5-17(27-2)16(9-13)25-21-22-11-14(12-23-21)20(26)24-15-4-6-18-19(10-15)29-8-7-28-18/h3-6,9-12H,7-8H2,1-2H3,(H,24,26)(H,22,23,25). The smallest absolute Gasteiger partial charge is 0.258 e. The molecule has 8 nitrogen and oxygen atoms in total. The van der Waals surface area contributed by atoms with Gasteiger partial charge in [-0.05, 0) is 36.8 Å². The zero-order valence-corrected chi connectivity index (χ0v) is 16.1. The Bertz CT molecular complexity index is 1040. The molecule has 1 aliphatic heterocycles. The number of carbonyl (C=O) groups is 1. The number of nitrogens with one attached hydrogen (secondary N) is 2. The SMILES string of the molecule is COc1ccc(C)cc1Nc1ncc(C(=O)Nc2ccc3c(c2)OCCO3)cn1. The molecule has 4 rings (SSSR count). The zero-order valence-electron chi connectivity index (χ0n) is 16.1. The maximum absolute atomic E-state index is 12.5. The lowest BCUT2D eigenvalue weighted by Gasteiger charge is -2.19. The van der Waals surface area contributed by atoms with Crippen LogP contribution in [0.2, 0.25) is 0 Å². The largest absolute Gasteiger partial charge is 0.495 e. The predicted molar refractivity (Wildman–Crippen MR) is 108 cm³/mol. The lowest BCUT2D eigenvalue weighted by Crippen LogP contribution is -2.16.